The summed E-state index contributed by atoms with van der Waals surface area (Å²) in [5, 5.41) is 13.8. The maximum Gasteiger partial charge on any atom is 0.308 e. The van der Waals surface area contributed by atoms with Crippen LogP contribution in [0.4, 0.5) is 10.1 Å². The molecule has 1 unspecified atom stereocenters. The maximum absolute atomic E-state index is 13.8. The molecule has 3 aromatic heterocycles. The number of halogens is 1. The standard InChI is InChI=1S/C22H23FN4O3/c1-27-10-14(26-19-12-4-2-11(3-5-12)18(19)22(29)30)7-16(21(27)28)17-9-25-20-15(17)6-13(23)8-24-20/h6-12,18-19,26H,2-5H2,1H3,(H,24,25)(H,29,30)/t11-,12+,18-,19?/m0/s1. The first-order valence-electron chi connectivity index (χ1n) is 10.3. The van der Waals surface area contributed by atoms with Gasteiger partial charge in [-0.05, 0) is 49.7 Å². The Kier molecular flexibility index (Phi) is 4.38. The first-order valence-corrected chi connectivity index (χ1v) is 10.3. The number of aryl methyl sites for hydroxylation is 1. The predicted octanol–water partition coefficient (Wildman–Crippen LogP) is 3.37. The first-order chi connectivity index (χ1) is 14.4. The number of rotatable bonds is 4. The highest BCUT2D eigenvalue weighted by atomic mass is 19.1. The van der Waals surface area contributed by atoms with E-state index >= 15 is 0 Å². The fraction of sp³-hybridized carbons (Fsp3) is 0.409. The number of fused-ring (bicyclic) bond motifs is 4. The van der Waals surface area contributed by atoms with Crippen LogP contribution in [0.1, 0.15) is 25.7 Å². The molecular weight excluding hydrogens is 387 g/mol. The highest BCUT2D eigenvalue weighted by Gasteiger charge is 2.47. The third-order valence-corrected chi connectivity index (χ3v) is 6.81. The minimum absolute atomic E-state index is 0.164. The lowest BCUT2D eigenvalue weighted by Gasteiger charge is -2.47. The van der Waals surface area contributed by atoms with Crippen molar-refractivity contribution in [3.8, 4) is 11.1 Å². The van der Waals surface area contributed by atoms with Gasteiger partial charge in [0.05, 0.1) is 23.4 Å². The fourth-order valence-corrected chi connectivity index (χ4v) is 5.39. The number of aromatic amines is 1. The highest BCUT2D eigenvalue weighted by molar-refractivity contribution is 5.93. The van der Waals surface area contributed by atoms with Crippen molar-refractivity contribution < 1.29 is 14.3 Å². The average molecular weight is 410 g/mol. The van der Waals surface area contributed by atoms with Crippen molar-refractivity contribution in [3.63, 3.8) is 0 Å². The Morgan fingerprint density at radius 3 is 2.70 bits per heavy atom. The molecule has 3 aromatic rings. The zero-order valence-corrected chi connectivity index (χ0v) is 16.6. The van der Waals surface area contributed by atoms with E-state index < -0.39 is 17.7 Å². The molecule has 3 N–H and O–H groups in total. The molecule has 7 nitrogen and oxygen atoms in total. The minimum Gasteiger partial charge on any atom is -0.481 e. The second kappa shape index (κ2) is 6.97. The normalized spacial score (nSPS) is 25.5. The molecule has 3 saturated carbocycles. The summed E-state index contributed by atoms with van der Waals surface area (Å²) in [5.41, 5.74) is 1.96. The van der Waals surface area contributed by atoms with Crippen LogP contribution in [0.5, 0.6) is 0 Å². The summed E-state index contributed by atoms with van der Waals surface area (Å²) < 4.78 is 15.2. The van der Waals surface area contributed by atoms with Gasteiger partial charge in [0.2, 0.25) is 0 Å². The van der Waals surface area contributed by atoms with Crippen molar-refractivity contribution in [1.82, 2.24) is 14.5 Å². The number of aromatic nitrogens is 3. The summed E-state index contributed by atoms with van der Waals surface area (Å²) in [6.45, 7) is 0. The van der Waals surface area contributed by atoms with Crippen LogP contribution in [0, 0.1) is 23.6 Å². The molecule has 3 fully saturated rings. The molecule has 3 aliphatic rings. The molecule has 6 rings (SSSR count). The van der Waals surface area contributed by atoms with E-state index in [9.17, 15) is 19.1 Å². The summed E-state index contributed by atoms with van der Waals surface area (Å²) in [4.78, 5) is 31.8. The van der Waals surface area contributed by atoms with Crippen LogP contribution in [-0.2, 0) is 11.8 Å². The SMILES string of the molecule is Cn1cc(NC2[C@H]3CC[C@H](CC3)[C@@H]2C(=O)O)cc(-c2c[nH]c3ncc(F)cc23)c1=O. The number of hydrogen-bond donors (Lipinski definition) is 3. The van der Waals surface area contributed by atoms with Crippen LogP contribution in [0.3, 0.4) is 0 Å². The van der Waals surface area contributed by atoms with Gasteiger partial charge in [-0.2, -0.15) is 0 Å². The third-order valence-electron chi connectivity index (χ3n) is 6.81. The Bertz CT molecular complexity index is 1190. The molecular formula is C22H23FN4O3. The lowest BCUT2D eigenvalue weighted by Crippen LogP contribution is -2.51. The molecule has 0 spiro atoms. The maximum atomic E-state index is 13.8. The number of nitrogens with one attached hydrogen (secondary N) is 2. The molecule has 0 saturated heterocycles. The van der Waals surface area contributed by atoms with Gasteiger partial charge in [-0.25, -0.2) is 9.37 Å². The monoisotopic (exact) mass is 410 g/mol. The number of carboxylic acid groups (broad SMARTS) is 1. The summed E-state index contributed by atoms with van der Waals surface area (Å²) in [6.07, 6.45) is 8.46. The number of nitrogens with zero attached hydrogens (tertiary/aromatic N) is 2. The number of carbonyl (C=O) groups is 1. The van der Waals surface area contributed by atoms with Crippen molar-refractivity contribution in [1.29, 1.82) is 0 Å². The van der Waals surface area contributed by atoms with Crippen molar-refractivity contribution in [2.24, 2.45) is 24.8 Å². The Hall–Kier alpha value is -3.16. The molecule has 0 aliphatic heterocycles. The zero-order valence-electron chi connectivity index (χ0n) is 16.6. The van der Waals surface area contributed by atoms with Gasteiger partial charge in [0, 0.05) is 36.4 Å². The fourth-order valence-electron chi connectivity index (χ4n) is 5.39. The van der Waals surface area contributed by atoms with Crippen LogP contribution in [0.25, 0.3) is 22.2 Å². The van der Waals surface area contributed by atoms with Crippen molar-refractivity contribution in [2.45, 2.75) is 31.7 Å². The third kappa shape index (κ3) is 2.98. The Morgan fingerprint density at radius 1 is 1.23 bits per heavy atom. The van der Waals surface area contributed by atoms with Crippen LogP contribution < -0.4 is 10.9 Å². The van der Waals surface area contributed by atoms with E-state index in [1.54, 1.807) is 25.5 Å². The second-order valence-electron chi connectivity index (χ2n) is 8.52. The average Bonchev–Trinajstić information content (AvgIpc) is 3.14. The van der Waals surface area contributed by atoms with Crippen molar-refractivity contribution in [3.05, 3.63) is 46.9 Å². The number of aliphatic carboxylic acids is 1. The van der Waals surface area contributed by atoms with Crippen LogP contribution in [-0.4, -0.2) is 31.7 Å². The summed E-state index contributed by atoms with van der Waals surface area (Å²) in [5.74, 6) is -1.16. The smallest absolute Gasteiger partial charge is 0.308 e. The van der Waals surface area contributed by atoms with Gasteiger partial charge in [0.15, 0.2) is 0 Å². The second-order valence-corrected chi connectivity index (χ2v) is 8.52. The molecule has 2 atom stereocenters. The highest BCUT2D eigenvalue weighted by Crippen LogP contribution is 2.46. The molecule has 3 heterocycles. The summed E-state index contributed by atoms with van der Waals surface area (Å²) in [7, 11) is 1.66. The number of anilines is 1. The molecule has 8 heteroatoms. The quantitative estimate of drug-likeness (QED) is 0.612. The largest absolute Gasteiger partial charge is 0.481 e. The van der Waals surface area contributed by atoms with E-state index in [1.165, 1.54) is 10.6 Å². The van der Waals surface area contributed by atoms with Gasteiger partial charge >= 0.3 is 5.97 Å². The predicted molar refractivity (Wildman–Crippen MR) is 111 cm³/mol. The van der Waals surface area contributed by atoms with Crippen LogP contribution >= 0.6 is 0 Å². The van der Waals surface area contributed by atoms with Crippen molar-refractivity contribution in [2.75, 3.05) is 5.32 Å². The first kappa shape index (κ1) is 18.8. The summed E-state index contributed by atoms with van der Waals surface area (Å²) >= 11 is 0. The Morgan fingerprint density at radius 2 is 1.97 bits per heavy atom. The minimum atomic E-state index is -0.759. The van der Waals surface area contributed by atoms with Crippen LogP contribution in [0.2, 0.25) is 0 Å². The van der Waals surface area contributed by atoms with Gasteiger partial charge in [-0.1, -0.05) is 0 Å². The lowest BCUT2D eigenvalue weighted by atomic mass is 9.61. The molecule has 0 radical (unpaired) electrons. The lowest BCUT2D eigenvalue weighted by molar-refractivity contribution is -0.148. The van der Waals surface area contributed by atoms with E-state index in [-0.39, 0.29) is 17.5 Å². The number of H-pyrrole nitrogens is 1. The van der Waals surface area contributed by atoms with Crippen LogP contribution in [0.15, 0.2) is 35.5 Å². The van der Waals surface area contributed by atoms with Gasteiger partial charge in [-0.15, -0.1) is 0 Å². The van der Waals surface area contributed by atoms with E-state index in [4.69, 9.17) is 0 Å². The number of pyridine rings is 2. The van der Waals surface area contributed by atoms with E-state index in [2.05, 4.69) is 15.3 Å². The van der Waals surface area contributed by atoms with E-state index in [1.807, 2.05) is 0 Å². The van der Waals surface area contributed by atoms with Gasteiger partial charge in [-0.3, -0.25) is 9.59 Å². The Labute approximate surface area is 171 Å². The topological polar surface area (TPSA) is 100 Å². The molecule has 3 aliphatic carbocycles. The van der Waals surface area contributed by atoms with Gasteiger partial charge < -0.3 is 20.0 Å². The van der Waals surface area contributed by atoms with Gasteiger partial charge in [0.1, 0.15) is 11.5 Å². The molecule has 156 valence electrons. The molecule has 0 amide bonds. The molecule has 2 bridgehead atoms. The number of carboxylic acids is 1. The van der Waals surface area contributed by atoms with E-state index in [0.29, 0.717) is 33.8 Å². The molecule has 30 heavy (non-hydrogen) atoms. The van der Waals surface area contributed by atoms with E-state index in [0.717, 1.165) is 31.9 Å². The zero-order chi connectivity index (χ0) is 21.0. The van der Waals surface area contributed by atoms with Gasteiger partial charge in [0.25, 0.3) is 5.56 Å². The molecule has 0 aromatic carbocycles. The Balaban J connectivity index is 1.56. The van der Waals surface area contributed by atoms with Crippen molar-refractivity contribution >= 4 is 22.7 Å². The summed E-state index contributed by atoms with van der Waals surface area (Å²) in [6, 6.07) is 2.92. The number of hydrogen-bond acceptors (Lipinski definition) is 4.